The number of amides is 4. The molecule has 7 aromatic rings. The summed E-state index contributed by atoms with van der Waals surface area (Å²) in [6.45, 7) is 10.7. The van der Waals surface area contributed by atoms with E-state index >= 15 is 14.4 Å². The Morgan fingerprint density at radius 1 is 0.735 bits per heavy atom. The minimum Gasteiger partial charge on any atom is -0.508 e. The average molecular weight is 1610 g/mol. The molecule has 7 aliphatic heterocycles. The first-order valence-electron chi connectivity index (χ1n) is 37.1. The number of nitrogens with one attached hydrogen (secondary N) is 5. The number of hydrogen-bond donors (Lipinski definition) is 15. The Balaban J connectivity index is 0.973. The van der Waals surface area contributed by atoms with Gasteiger partial charge in [0.2, 0.25) is 41.5 Å². The van der Waals surface area contributed by atoms with E-state index in [0.717, 1.165) is 22.8 Å². The molecule has 1 aliphatic carbocycles. The summed E-state index contributed by atoms with van der Waals surface area (Å²) in [5, 5.41) is 122. The number of halogens is 3. The lowest BCUT2D eigenvalue weighted by molar-refractivity contribution is -0.334. The van der Waals surface area contributed by atoms with Crippen molar-refractivity contribution in [1.29, 1.82) is 0 Å². The van der Waals surface area contributed by atoms with E-state index in [1.54, 1.807) is 32.0 Å². The molecular formula is C83H89Cl3N6O21. The Morgan fingerprint density at radius 3 is 1.99 bits per heavy atom. The molecule has 0 spiro atoms. The van der Waals surface area contributed by atoms with Crippen LogP contribution in [0.1, 0.15) is 135 Å². The number of primary amides is 1. The van der Waals surface area contributed by atoms with Crippen molar-refractivity contribution >= 4 is 70.0 Å². The highest BCUT2D eigenvalue weighted by molar-refractivity contribution is 6.32. The first-order valence-corrected chi connectivity index (χ1v) is 38.2. The quantitative estimate of drug-likeness (QED) is 0.0324. The molecule has 2 fully saturated rings. The molecule has 0 radical (unpaired) electrons. The minimum absolute atomic E-state index is 0.00482. The van der Waals surface area contributed by atoms with Gasteiger partial charge in [-0.2, -0.15) is 0 Å². The van der Waals surface area contributed by atoms with Crippen molar-refractivity contribution in [2.45, 2.75) is 176 Å². The van der Waals surface area contributed by atoms with Crippen LogP contribution >= 0.6 is 34.8 Å². The molecule has 7 heterocycles. The summed E-state index contributed by atoms with van der Waals surface area (Å²) in [6, 6.07) is 28.2. The van der Waals surface area contributed by atoms with Crippen LogP contribution in [0.3, 0.4) is 0 Å². The Morgan fingerprint density at radius 2 is 1.37 bits per heavy atom. The molecular weight excluding hydrogens is 1520 g/mol. The van der Waals surface area contributed by atoms with E-state index in [4.69, 9.17) is 69.0 Å². The zero-order valence-corrected chi connectivity index (χ0v) is 64.4. The Labute approximate surface area is 665 Å². The molecule has 113 heavy (non-hydrogen) atoms. The second-order valence-electron chi connectivity index (χ2n) is 30.5. The standard InChI is InChI=1S/C83H89Cl3N6O21/c1-37(2)21-58(88-6)80(105)92-70-60(96)27-47(30-66(87)97)78(103)91-69-38(3)22-51-43-13-18-54-52(24-43)68-48(23-50(94)31-55(68)83(54,106)107)35-89-79(104)53(32-59(51)95)71(98)44-14-19-61(56(85)25-44)109-63-28-46(69)29-64(110-62-20-15-45(72(70)99)26-57(62)86)75(63)113-81-76(74(101)73(100)65(36-93)111-81)112-67-33-82(5,77(102)39(4)108-67)90-34-40-7-9-41(10-8-40)42-11-16-49(84)17-12-42/h7-20,23-26,28-29,31,37,39,47,51,53,58,65,67,69-74,76-77,81,88,90,93-94,98-102,106-107H,3,21-22,27,30,32-36H2,1-2,4-6H3,(H2,87,97)(H,89,104)(H,91,103)(H,92,105). The van der Waals surface area contributed by atoms with Crippen molar-refractivity contribution < 1.29 is 103 Å². The van der Waals surface area contributed by atoms with Crippen molar-refractivity contribution in [2.24, 2.45) is 23.5 Å². The van der Waals surface area contributed by atoms with E-state index in [0.29, 0.717) is 5.02 Å². The first-order chi connectivity index (χ1) is 53.7. The van der Waals surface area contributed by atoms with Crippen molar-refractivity contribution in [2.75, 3.05) is 13.7 Å². The monoisotopic (exact) mass is 1610 g/mol. The smallest absolute Gasteiger partial charge is 0.237 e. The van der Waals surface area contributed by atoms with Crippen LogP contribution in [0.5, 0.6) is 34.5 Å². The molecule has 4 amide bonds. The lowest BCUT2D eigenvalue weighted by Crippen LogP contribution is -2.65. The number of carbonyl (C=O) groups is 6. The van der Waals surface area contributed by atoms with Crippen LogP contribution in [0.4, 0.5) is 0 Å². The molecule has 30 heteroatoms. The maximum atomic E-state index is 15.8. The zero-order valence-electron chi connectivity index (χ0n) is 62.1. The van der Waals surface area contributed by atoms with Gasteiger partial charge < -0.3 is 107 Å². The fraction of sp³-hybridized carbons (Fsp3) is 0.398. The van der Waals surface area contributed by atoms with Gasteiger partial charge in [0, 0.05) is 66.4 Å². The largest absolute Gasteiger partial charge is 0.508 e. The summed E-state index contributed by atoms with van der Waals surface area (Å²) in [6.07, 6.45) is -19.0. The van der Waals surface area contributed by atoms with Crippen LogP contribution < -0.4 is 46.5 Å². The summed E-state index contributed by atoms with van der Waals surface area (Å²) in [4.78, 5) is 89.2. The Hall–Kier alpha value is -8.95. The van der Waals surface area contributed by atoms with Gasteiger partial charge in [0.15, 0.2) is 29.7 Å². The molecule has 17 atom stereocenters. The van der Waals surface area contributed by atoms with E-state index in [1.807, 2.05) is 50.2 Å². The molecule has 11 bridgehead atoms. The number of aliphatic hydroxyl groups excluding tert-OH is 6. The predicted octanol–water partition coefficient (Wildman–Crippen LogP) is 7.77. The minimum atomic E-state index is -2.72. The summed E-state index contributed by atoms with van der Waals surface area (Å²) in [5.41, 5.74) is 7.98. The van der Waals surface area contributed by atoms with Crippen molar-refractivity contribution in [3.05, 3.63) is 199 Å². The molecule has 16 N–H and O–H groups in total. The van der Waals surface area contributed by atoms with E-state index in [-0.39, 0.29) is 115 Å². The predicted molar refractivity (Wildman–Crippen MR) is 412 cm³/mol. The van der Waals surface area contributed by atoms with Gasteiger partial charge in [0.05, 0.1) is 58.9 Å². The number of benzene rings is 7. The number of fused-ring (bicyclic) bond motifs is 12. The van der Waals surface area contributed by atoms with Crippen molar-refractivity contribution in [1.82, 2.24) is 26.6 Å². The van der Waals surface area contributed by atoms with Gasteiger partial charge in [0.25, 0.3) is 0 Å². The summed E-state index contributed by atoms with van der Waals surface area (Å²) < 4.78 is 40.1. The fourth-order valence-electron chi connectivity index (χ4n) is 15.9. The third kappa shape index (κ3) is 17.1. The van der Waals surface area contributed by atoms with Crippen LogP contribution in [0, 0.1) is 17.8 Å². The topological polar surface area (TPSA) is 426 Å². The number of phenolic OH excluding ortho intramolecular Hbond substituents is 1. The van der Waals surface area contributed by atoms with Gasteiger partial charge >= 0.3 is 0 Å². The molecule has 598 valence electrons. The molecule has 2 saturated heterocycles. The highest BCUT2D eigenvalue weighted by atomic mass is 35.5. The third-order valence-corrected chi connectivity index (χ3v) is 22.9. The number of phenols is 1. The Kier molecular flexibility index (Phi) is 24.3. The van der Waals surface area contributed by atoms with E-state index in [9.17, 15) is 60.3 Å². The molecule has 8 aliphatic rings. The van der Waals surface area contributed by atoms with Crippen molar-refractivity contribution in [3.63, 3.8) is 0 Å². The van der Waals surface area contributed by atoms with Gasteiger partial charge in [-0.25, -0.2) is 0 Å². The number of aliphatic hydroxyl groups is 8. The summed E-state index contributed by atoms with van der Waals surface area (Å²) in [7, 11) is 1.54. The lowest BCUT2D eigenvalue weighted by atomic mass is 9.79. The van der Waals surface area contributed by atoms with Gasteiger partial charge in [-0.15, -0.1) is 0 Å². The number of ketones is 2. The second kappa shape index (κ2) is 33.5. The van der Waals surface area contributed by atoms with E-state index in [1.165, 1.54) is 73.8 Å². The van der Waals surface area contributed by atoms with Crippen LogP contribution in [0.25, 0.3) is 22.3 Å². The molecule has 7 aromatic carbocycles. The highest BCUT2D eigenvalue weighted by Gasteiger charge is 2.52. The van der Waals surface area contributed by atoms with Gasteiger partial charge in [-0.3, -0.25) is 28.8 Å². The van der Waals surface area contributed by atoms with E-state index < -0.39 is 193 Å². The maximum absolute atomic E-state index is 15.8. The average Bonchev–Trinajstić information content (AvgIpc) is 1.57. The maximum Gasteiger partial charge on any atom is 0.237 e. The Bertz CT molecular complexity index is 4840. The molecule has 15 rings (SSSR count). The normalized spacial score (nSPS) is 27.9. The zero-order chi connectivity index (χ0) is 81.0. The fourth-order valence-corrected chi connectivity index (χ4v) is 16.4. The number of ether oxygens (including phenoxy) is 6. The molecule has 0 saturated carbocycles. The van der Waals surface area contributed by atoms with E-state index in [2.05, 4.69) is 33.2 Å². The first kappa shape index (κ1) is 82.0. The molecule has 0 aromatic heterocycles. The van der Waals surface area contributed by atoms with Crippen molar-refractivity contribution in [3.8, 4) is 56.8 Å². The van der Waals surface area contributed by atoms with Gasteiger partial charge in [-0.05, 0) is 168 Å². The number of carbonyl (C=O) groups excluding carboxylic acids is 6. The summed E-state index contributed by atoms with van der Waals surface area (Å²) >= 11 is 20.7. The number of hydrogen-bond acceptors (Lipinski definition) is 23. The van der Waals surface area contributed by atoms with Gasteiger partial charge in [0.1, 0.15) is 53.5 Å². The van der Waals surface area contributed by atoms with Crippen LogP contribution in [-0.2, 0) is 61.9 Å². The number of likely N-dealkylation sites (N-methyl/N-ethyl adjacent to an activating group) is 1. The molecule has 27 nitrogen and oxygen atoms in total. The van der Waals surface area contributed by atoms with Gasteiger partial charge in [-0.1, -0.05) is 116 Å². The number of Topliss-reactive ketones (excluding diaryl/α,β-unsaturated/α-hetero) is 2. The number of aromatic hydroxyl groups is 1. The number of rotatable bonds is 16. The second-order valence-corrected chi connectivity index (χ2v) is 31.7. The lowest BCUT2D eigenvalue weighted by Gasteiger charge is -2.48. The number of nitrogens with two attached hydrogens (primary N) is 1. The molecule has 17 unspecified atom stereocenters. The SMILES string of the molecule is C=C1CC2C(=O)CC(C(=O)NCc3cc(O)cc4c3-c3cc2ccc3C4(O)O)C(O)c2ccc(c(Cl)c2)Oc2cc3cc(c2OC2OC(CO)C(O)C(O)C2OC2CC(C)(NCc4ccc(-c5ccc(Cl)cc5)cc4)C(O)C(C)O2)Oc2ccc(cc2Cl)C(O)C(NC(=O)C(CC(C)C)NC)C(=O)CC(CC(N)=O)C(=O)NC13. The third-order valence-electron chi connectivity index (χ3n) is 22.1. The van der Waals surface area contributed by atoms with Crippen LogP contribution in [-0.4, -0.2) is 162 Å². The van der Waals surface area contributed by atoms with Crippen LogP contribution in [0.2, 0.25) is 15.1 Å². The van der Waals surface area contributed by atoms with Crippen LogP contribution in [0.15, 0.2) is 140 Å². The summed E-state index contributed by atoms with van der Waals surface area (Å²) in [5.74, 6) is -14.9. The highest BCUT2D eigenvalue weighted by Crippen LogP contribution is 2.53.